The second-order valence-electron chi connectivity index (χ2n) is 5.76. The summed E-state index contributed by atoms with van der Waals surface area (Å²) in [7, 11) is -3.67. The molecule has 0 aromatic heterocycles. The molecule has 0 rings (SSSR count). The van der Waals surface area contributed by atoms with E-state index < -0.39 is 19.4 Å². The van der Waals surface area contributed by atoms with Gasteiger partial charge in [-0.25, -0.2) is 14.0 Å². The number of hydrogen-bond acceptors (Lipinski definition) is 5. The topological polar surface area (TPSA) is 65.1 Å². The summed E-state index contributed by atoms with van der Waals surface area (Å²) >= 11 is 0. The zero-order valence-electron chi connectivity index (χ0n) is 13.6. The number of amides is 1. The Labute approximate surface area is 122 Å². The molecular formula is C13H28NO5P. The number of ether oxygens (including phenoxy) is 1. The molecule has 0 aliphatic rings. The first-order valence-corrected chi connectivity index (χ1v) is 8.45. The van der Waals surface area contributed by atoms with Crippen LogP contribution in [0.3, 0.4) is 0 Å². The van der Waals surface area contributed by atoms with Crippen molar-refractivity contribution in [1.82, 2.24) is 4.67 Å². The first-order chi connectivity index (χ1) is 9.05. The highest BCUT2D eigenvalue weighted by molar-refractivity contribution is 7.52. The van der Waals surface area contributed by atoms with Gasteiger partial charge in [-0.3, -0.25) is 9.05 Å². The molecule has 0 saturated carbocycles. The Kier molecular flexibility index (Phi) is 7.78. The van der Waals surface area contributed by atoms with E-state index in [0.717, 1.165) is 4.67 Å². The molecule has 0 aliphatic heterocycles. The van der Waals surface area contributed by atoms with Crippen LogP contribution in [0.5, 0.6) is 0 Å². The van der Waals surface area contributed by atoms with E-state index in [-0.39, 0.29) is 25.7 Å². The SMILES string of the molecule is CCOP(=O)(OCC)N(CC(C)C)C(=O)OC(C)(C)C. The number of carbonyl (C=O) groups is 1. The molecule has 0 radical (unpaired) electrons. The predicted molar refractivity (Wildman–Crippen MR) is 78.6 cm³/mol. The summed E-state index contributed by atoms with van der Waals surface area (Å²) in [6, 6.07) is 0. The highest BCUT2D eigenvalue weighted by Gasteiger charge is 2.39. The van der Waals surface area contributed by atoms with E-state index in [9.17, 15) is 9.36 Å². The Hall–Kier alpha value is -0.580. The fourth-order valence-electron chi connectivity index (χ4n) is 1.44. The van der Waals surface area contributed by atoms with E-state index in [4.69, 9.17) is 13.8 Å². The van der Waals surface area contributed by atoms with Crippen molar-refractivity contribution in [3.8, 4) is 0 Å². The van der Waals surface area contributed by atoms with Crippen molar-refractivity contribution in [2.45, 2.75) is 54.1 Å². The summed E-state index contributed by atoms with van der Waals surface area (Å²) in [5, 5.41) is 0. The standard InChI is InChI=1S/C13H28NO5P/c1-8-17-20(16,18-9-2)14(10-11(3)4)12(15)19-13(5,6)7/h11H,8-10H2,1-7H3. The zero-order chi connectivity index (χ0) is 16.0. The molecule has 20 heavy (non-hydrogen) atoms. The van der Waals surface area contributed by atoms with Gasteiger partial charge in [-0.15, -0.1) is 0 Å². The monoisotopic (exact) mass is 309 g/mol. The Morgan fingerprint density at radius 1 is 1.15 bits per heavy atom. The van der Waals surface area contributed by atoms with Gasteiger partial charge < -0.3 is 4.74 Å². The maximum Gasteiger partial charge on any atom is 0.440 e. The van der Waals surface area contributed by atoms with E-state index in [1.165, 1.54) is 0 Å². The summed E-state index contributed by atoms with van der Waals surface area (Å²) in [6.45, 7) is 13.1. The quantitative estimate of drug-likeness (QED) is 0.663. The molecule has 0 atom stereocenters. The average Bonchev–Trinajstić information content (AvgIpc) is 2.23. The number of carbonyl (C=O) groups excluding carboxylic acids is 1. The third kappa shape index (κ3) is 6.73. The molecule has 0 aliphatic carbocycles. The van der Waals surface area contributed by atoms with Crippen molar-refractivity contribution in [3.05, 3.63) is 0 Å². The molecule has 0 bridgehead atoms. The van der Waals surface area contributed by atoms with Crippen molar-refractivity contribution < 1.29 is 23.1 Å². The molecule has 0 aromatic carbocycles. The van der Waals surface area contributed by atoms with Crippen LogP contribution in [0, 0.1) is 5.92 Å². The predicted octanol–water partition coefficient (Wildman–Crippen LogP) is 4.06. The van der Waals surface area contributed by atoms with E-state index in [2.05, 4.69) is 0 Å². The third-order valence-electron chi connectivity index (χ3n) is 2.02. The van der Waals surface area contributed by atoms with E-state index in [0.29, 0.717) is 0 Å². The van der Waals surface area contributed by atoms with Crippen LogP contribution in [0.2, 0.25) is 0 Å². The summed E-state index contributed by atoms with van der Waals surface area (Å²) in [4.78, 5) is 12.3. The minimum atomic E-state index is -3.67. The number of hydrogen-bond donors (Lipinski definition) is 0. The second-order valence-corrected chi connectivity index (χ2v) is 7.70. The van der Waals surface area contributed by atoms with Crippen LogP contribution in [0.4, 0.5) is 4.79 Å². The van der Waals surface area contributed by atoms with Crippen LogP contribution in [-0.4, -0.2) is 36.1 Å². The van der Waals surface area contributed by atoms with Crippen molar-refractivity contribution in [2.24, 2.45) is 5.92 Å². The van der Waals surface area contributed by atoms with Crippen molar-refractivity contribution in [1.29, 1.82) is 0 Å². The van der Waals surface area contributed by atoms with E-state index in [1.54, 1.807) is 34.6 Å². The molecule has 0 saturated heterocycles. The molecule has 0 aromatic rings. The van der Waals surface area contributed by atoms with Gasteiger partial charge in [0, 0.05) is 6.54 Å². The average molecular weight is 309 g/mol. The first kappa shape index (κ1) is 19.4. The van der Waals surface area contributed by atoms with Crippen molar-refractivity contribution >= 4 is 13.8 Å². The van der Waals surface area contributed by atoms with Crippen LogP contribution in [0.1, 0.15) is 48.5 Å². The maximum absolute atomic E-state index is 12.8. The lowest BCUT2D eigenvalue weighted by molar-refractivity contribution is 0.0302. The lowest BCUT2D eigenvalue weighted by atomic mass is 10.2. The minimum Gasteiger partial charge on any atom is -0.443 e. The molecule has 0 N–H and O–H groups in total. The largest absolute Gasteiger partial charge is 0.443 e. The van der Waals surface area contributed by atoms with Gasteiger partial charge in [-0.2, -0.15) is 0 Å². The third-order valence-corrected chi connectivity index (χ3v) is 4.11. The Morgan fingerprint density at radius 2 is 1.60 bits per heavy atom. The molecular weight excluding hydrogens is 281 g/mol. The number of rotatable bonds is 7. The van der Waals surface area contributed by atoms with Gasteiger partial charge in [0.05, 0.1) is 13.2 Å². The second kappa shape index (κ2) is 8.01. The summed E-state index contributed by atoms with van der Waals surface area (Å²) in [6.07, 6.45) is -0.684. The zero-order valence-corrected chi connectivity index (χ0v) is 14.5. The Bertz CT molecular complexity index is 341. The normalized spacial score (nSPS) is 12.6. The molecule has 0 fully saturated rings. The van der Waals surface area contributed by atoms with Crippen LogP contribution in [-0.2, 0) is 18.3 Å². The molecule has 0 heterocycles. The van der Waals surface area contributed by atoms with Gasteiger partial charge in [-0.1, -0.05) is 13.8 Å². The lowest BCUT2D eigenvalue weighted by Crippen LogP contribution is -2.37. The van der Waals surface area contributed by atoms with Crippen LogP contribution >= 0.6 is 7.75 Å². The maximum atomic E-state index is 12.8. The minimum absolute atomic E-state index is 0.108. The van der Waals surface area contributed by atoms with Crippen LogP contribution in [0.15, 0.2) is 0 Å². The summed E-state index contributed by atoms with van der Waals surface area (Å²) in [5.74, 6) is 0.108. The fourth-order valence-corrected chi connectivity index (χ4v) is 3.21. The van der Waals surface area contributed by atoms with Gasteiger partial charge in [0.2, 0.25) is 0 Å². The fraction of sp³-hybridized carbons (Fsp3) is 0.923. The van der Waals surface area contributed by atoms with Gasteiger partial charge in [0.1, 0.15) is 5.60 Å². The number of nitrogens with zero attached hydrogens (tertiary/aromatic N) is 1. The first-order valence-electron chi connectivity index (χ1n) is 6.95. The van der Waals surface area contributed by atoms with Crippen molar-refractivity contribution in [3.63, 3.8) is 0 Å². The smallest absolute Gasteiger partial charge is 0.440 e. The molecule has 0 spiro atoms. The Balaban J connectivity index is 5.29. The molecule has 7 heteroatoms. The van der Waals surface area contributed by atoms with Gasteiger partial charge >= 0.3 is 13.8 Å². The lowest BCUT2D eigenvalue weighted by Gasteiger charge is -2.32. The van der Waals surface area contributed by atoms with Crippen LogP contribution in [0.25, 0.3) is 0 Å². The molecule has 0 unspecified atom stereocenters. The van der Waals surface area contributed by atoms with Crippen molar-refractivity contribution in [2.75, 3.05) is 19.8 Å². The van der Waals surface area contributed by atoms with E-state index >= 15 is 0 Å². The Morgan fingerprint density at radius 3 is 1.90 bits per heavy atom. The van der Waals surface area contributed by atoms with Gasteiger partial charge in [0.25, 0.3) is 0 Å². The highest BCUT2D eigenvalue weighted by atomic mass is 31.2. The van der Waals surface area contributed by atoms with Crippen LogP contribution < -0.4 is 0 Å². The van der Waals surface area contributed by atoms with E-state index in [1.807, 2.05) is 13.8 Å². The highest BCUT2D eigenvalue weighted by Crippen LogP contribution is 2.52. The molecule has 120 valence electrons. The summed E-state index contributed by atoms with van der Waals surface area (Å²) in [5.41, 5.74) is -0.671. The van der Waals surface area contributed by atoms with Gasteiger partial charge in [-0.05, 0) is 40.5 Å². The molecule has 1 amide bonds. The molecule has 6 nitrogen and oxygen atoms in total. The summed E-state index contributed by atoms with van der Waals surface area (Å²) < 4.78 is 29.6. The van der Waals surface area contributed by atoms with Gasteiger partial charge in [0.15, 0.2) is 0 Å².